The average Bonchev–Trinajstić information content (AvgIpc) is 2.03. The molecule has 0 heterocycles. The van der Waals surface area contributed by atoms with Crippen molar-refractivity contribution >= 4 is 68.5 Å². The van der Waals surface area contributed by atoms with Gasteiger partial charge in [0.2, 0.25) is 0 Å². The number of benzene rings is 1. The van der Waals surface area contributed by atoms with Gasteiger partial charge in [0.1, 0.15) is 0 Å². The zero-order chi connectivity index (χ0) is 8.10. The van der Waals surface area contributed by atoms with Gasteiger partial charge in [-0.15, -0.1) is 0 Å². The van der Waals surface area contributed by atoms with Crippen molar-refractivity contribution < 1.29 is 8.76 Å². The molecule has 12 heavy (non-hydrogen) atoms. The Bertz CT molecular complexity index is 272. The molecule has 1 radical (unpaired) electrons. The van der Waals surface area contributed by atoms with Crippen LogP contribution in [0.15, 0.2) is 35.7 Å². The van der Waals surface area contributed by atoms with Crippen LogP contribution in [0, 0.1) is 0 Å². The molecule has 0 bridgehead atoms. The fraction of sp³-hybridized carbons (Fsp3) is 0. The van der Waals surface area contributed by atoms with Crippen LogP contribution in [0.3, 0.4) is 0 Å². The van der Waals surface area contributed by atoms with Crippen LogP contribution in [0.25, 0.3) is 6.08 Å². The topological polar surface area (TPSA) is 37.3 Å². The molecule has 0 saturated heterocycles. The maximum absolute atomic E-state index is 10.2. The summed E-state index contributed by atoms with van der Waals surface area (Å²) in [6.07, 6.45) is 1.61. The molecule has 59 valence electrons. The minimum atomic E-state index is -1.85. The van der Waals surface area contributed by atoms with Crippen LogP contribution in [0.1, 0.15) is 5.56 Å². The Labute approximate surface area is 117 Å². The first kappa shape index (κ1) is 12.7. The predicted octanol–water partition coefficient (Wildman–Crippen LogP) is 1.50. The molecule has 1 unspecified atom stereocenters. The zero-order valence-corrected chi connectivity index (χ0v) is 10.7. The van der Waals surface area contributed by atoms with Gasteiger partial charge >= 0.3 is 0 Å². The zero-order valence-electron chi connectivity index (χ0n) is 6.81. The summed E-state index contributed by atoms with van der Waals surface area (Å²) >= 11 is -1.85. The SMILES string of the molecule is O=S(O)C=Cc1ccccc1.[K]. The van der Waals surface area contributed by atoms with E-state index in [9.17, 15) is 4.21 Å². The largest absolute Gasteiger partial charge is 0.303 e. The monoisotopic (exact) mass is 207 g/mol. The van der Waals surface area contributed by atoms with Crippen molar-refractivity contribution in [2.24, 2.45) is 0 Å². The maximum atomic E-state index is 10.2. The van der Waals surface area contributed by atoms with Gasteiger partial charge in [0, 0.05) is 56.8 Å². The van der Waals surface area contributed by atoms with Gasteiger partial charge in [0.25, 0.3) is 0 Å². The van der Waals surface area contributed by atoms with Gasteiger partial charge in [-0.3, -0.25) is 0 Å². The van der Waals surface area contributed by atoms with E-state index in [1.807, 2.05) is 30.3 Å². The van der Waals surface area contributed by atoms with E-state index in [1.54, 1.807) is 6.08 Å². The Balaban J connectivity index is 0.00000121. The van der Waals surface area contributed by atoms with Crippen LogP contribution < -0.4 is 0 Å². The normalized spacial score (nSPS) is 12.4. The van der Waals surface area contributed by atoms with Gasteiger partial charge in [0.15, 0.2) is 11.1 Å². The van der Waals surface area contributed by atoms with Gasteiger partial charge in [-0.1, -0.05) is 30.3 Å². The van der Waals surface area contributed by atoms with Gasteiger partial charge in [0.05, 0.1) is 0 Å². The molecule has 0 amide bonds. The van der Waals surface area contributed by atoms with E-state index >= 15 is 0 Å². The molecule has 1 aromatic rings. The summed E-state index contributed by atoms with van der Waals surface area (Å²) in [6.45, 7) is 0. The summed E-state index contributed by atoms with van der Waals surface area (Å²) in [5.41, 5.74) is 0.926. The Hall–Kier alpha value is 0.706. The van der Waals surface area contributed by atoms with E-state index in [2.05, 4.69) is 0 Å². The van der Waals surface area contributed by atoms with Crippen LogP contribution in [-0.4, -0.2) is 60.1 Å². The molecule has 0 fully saturated rings. The first-order valence-corrected chi connectivity index (χ1v) is 4.29. The van der Waals surface area contributed by atoms with Crippen molar-refractivity contribution in [3.63, 3.8) is 0 Å². The van der Waals surface area contributed by atoms with E-state index in [4.69, 9.17) is 4.55 Å². The van der Waals surface area contributed by atoms with Crippen LogP contribution in [0.4, 0.5) is 0 Å². The molecular weight excluding hydrogens is 199 g/mol. The van der Waals surface area contributed by atoms with Crippen molar-refractivity contribution in [2.75, 3.05) is 0 Å². The molecule has 1 N–H and O–H groups in total. The molecule has 1 aromatic carbocycles. The molecule has 1 atom stereocenters. The second kappa shape index (κ2) is 7.14. The second-order valence-corrected chi connectivity index (χ2v) is 2.81. The fourth-order valence-electron chi connectivity index (χ4n) is 0.701. The standard InChI is InChI=1S/C8H8O2S.K/c9-11(10)7-6-8-4-2-1-3-5-8;/h1-7H,(H,9,10);. The Morgan fingerprint density at radius 1 is 1.25 bits per heavy atom. The molecule has 2 nitrogen and oxygen atoms in total. The van der Waals surface area contributed by atoms with Crippen molar-refractivity contribution in [3.05, 3.63) is 41.3 Å². The van der Waals surface area contributed by atoms with Crippen molar-refractivity contribution in [1.82, 2.24) is 0 Å². The van der Waals surface area contributed by atoms with Crippen LogP contribution in [0.2, 0.25) is 0 Å². The summed E-state index contributed by atoms with van der Waals surface area (Å²) in [5, 5.41) is 1.23. The molecule has 0 aromatic heterocycles. The minimum Gasteiger partial charge on any atom is -0.303 e. The summed E-state index contributed by atoms with van der Waals surface area (Å²) in [6, 6.07) is 9.37. The van der Waals surface area contributed by atoms with E-state index in [1.165, 1.54) is 5.41 Å². The molecule has 0 aliphatic rings. The van der Waals surface area contributed by atoms with E-state index in [-0.39, 0.29) is 51.4 Å². The third kappa shape index (κ3) is 5.37. The smallest absolute Gasteiger partial charge is 0.178 e. The molecule has 0 aliphatic carbocycles. The first-order chi connectivity index (χ1) is 5.29. The average molecular weight is 207 g/mol. The number of hydrogen-bond donors (Lipinski definition) is 1. The third-order valence-electron chi connectivity index (χ3n) is 1.18. The Morgan fingerprint density at radius 3 is 2.33 bits per heavy atom. The summed E-state index contributed by atoms with van der Waals surface area (Å²) in [7, 11) is 0. The quantitative estimate of drug-likeness (QED) is 0.589. The van der Waals surface area contributed by atoms with Crippen molar-refractivity contribution in [2.45, 2.75) is 0 Å². The molecule has 1 rings (SSSR count). The number of rotatable bonds is 2. The summed E-state index contributed by atoms with van der Waals surface area (Å²) in [5.74, 6) is 0. The van der Waals surface area contributed by atoms with E-state index in [0.29, 0.717) is 0 Å². The molecule has 0 saturated carbocycles. The molecule has 0 spiro atoms. The van der Waals surface area contributed by atoms with E-state index in [0.717, 1.165) is 5.56 Å². The van der Waals surface area contributed by atoms with Gasteiger partial charge in [-0.25, -0.2) is 4.21 Å². The number of hydrogen-bond acceptors (Lipinski definition) is 1. The van der Waals surface area contributed by atoms with E-state index < -0.39 is 11.1 Å². The third-order valence-corrected chi connectivity index (χ3v) is 1.55. The second-order valence-electron chi connectivity index (χ2n) is 1.99. The van der Waals surface area contributed by atoms with Crippen LogP contribution in [-0.2, 0) is 11.1 Å². The van der Waals surface area contributed by atoms with Crippen molar-refractivity contribution in [1.29, 1.82) is 0 Å². The molecular formula is C8H8KO2S. The minimum absolute atomic E-state index is 0. The molecule has 4 heteroatoms. The Kier molecular flexibility index (Phi) is 7.56. The summed E-state index contributed by atoms with van der Waals surface area (Å²) < 4.78 is 18.6. The first-order valence-electron chi connectivity index (χ1n) is 3.12. The van der Waals surface area contributed by atoms with Gasteiger partial charge < -0.3 is 4.55 Å². The fourth-order valence-corrected chi connectivity index (χ4v) is 0.974. The van der Waals surface area contributed by atoms with Crippen molar-refractivity contribution in [3.8, 4) is 0 Å². The summed E-state index contributed by atoms with van der Waals surface area (Å²) in [4.78, 5) is 0. The molecule has 0 aliphatic heterocycles. The maximum Gasteiger partial charge on any atom is 0.178 e. The van der Waals surface area contributed by atoms with Gasteiger partial charge in [-0.05, 0) is 11.6 Å². The Morgan fingerprint density at radius 2 is 1.83 bits per heavy atom. The predicted molar refractivity (Wildman–Crippen MR) is 52.0 cm³/mol. The van der Waals surface area contributed by atoms with Gasteiger partial charge in [-0.2, -0.15) is 0 Å². The van der Waals surface area contributed by atoms with Crippen LogP contribution in [0.5, 0.6) is 0 Å². The van der Waals surface area contributed by atoms with Crippen LogP contribution >= 0.6 is 0 Å².